The quantitative estimate of drug-likeness (QED) is 0.895. The highest BCUT2D eigenvalue weighted by molar-refractivity contribution is 5.29. The van der Waals surface area contributed by atoms with Gasteiger partial charge in [0.2, 0.25) is 0 Å². The van der Waals surface area contributed by atoms with Crippen LogP contribution in [0.4, 0.5) is 4.39 Å². The molecule has 3 atom stereocenters. The van der Waals surface area contributed by atoms with Crippen molar-refractivity contribution in [1.29, 1.82) is 5.26 Å². The van der Waals surface area contributed by atoms with Crippen LogP contribution in [-0.4, -0.2) is 6.04 Å². The summed E-state index contributed by atoms with van der Waals surface area (Å²) in [4.78, 5) is 0. The average Bonchev–Trinajstić information content (AvgIpc) is 2.41. The number of aryl methyl sites for hydroxylation is 1. The summed E-state index contributed by atoms with van der Waals surface area (Å²) in [7, 11) is 0. The number of nitrogens with one attached hydrogen (secondary N) is 1. The Kier molecular flexibility index (Phi) is 4.55. The van der Waals surface area contributed by atoms with E-state index in [1.165, 1.54) is 25.3 Å². The van der Waals surface area contributed by atoms with Crippen molar-refractivity contribution >= 4 is 0 Å². The van der Waals surface area contributed by atoms with E-state index in [9.17, 15) is 9.65 Å². The largest absolute Gasteiger partial charge is 0.295 e. The van der Waals surface area contributed by atoms with Crippen LogP contribution in [0.2, 0.25) is 0 Å². The van der Waals surface area contributed by atoms with E-state index < -0.39 is 0 Å². The van der Waals surface area contributed by atoms with Crippen LogP contribution in [0.25, 0.3) is 0 Å². The first-order chi connectivity index (χ1) is 9.11. The van der Waals surface area contributed by atoms with Gasteiger partial charge in [-0.1, -0.05) is 31.9 Å². The summed E-state index contributed by atoms with van der Waals surface area (Å²) >= 11 is 0. The fraction of sp³-hybridized carbons (Fsp3) is 0.562. The minimum atomic E-state index is -0.343. The predicted octanol–water partition coefficient (Wildman–Crippen LogP) is 3.87. The third-order valence-electron chi connectivity index (χ3n) is 4.14. The van der Waals surface area contributed by atoms with Crippen LogP contribution in [0.1, 0.15) is 49.8 Å². The van der Waals surface area contributed by atoms with E-state index >= 15 is 0 Å². The van der Waals surface area contributed by atoms with Gasteiger partial charge >= 0.3 is 0 Å². The van der Waals surface area contributed by atoms with Crippen LogP contribution in [0.15, 0.2) is 18.2 Å². The number of halogens is 1. The van der Waals surface area contributed by atoms with Gasteiger partial charge in [-0.05, 0) is 42.9 Å². The molecule has 102 valence electrons. The van der Waals surface area contributed by atoms with Gasteiger partial charge in [-0.15, -0.1) is 0 Å². The molecule has 3 heteroatoms. The molecule has 0 bridgehead atoms. The lowest BCUT2D eigenvalue weighted by Crippen LogP contribution is -2.39. The van der Waals surface area contributed by atoms with Gasteiger partial charge in [0.05, 0.1) is 6.07 Å². The molecule has 1 aliphatic rings. The highest BCUT2D eigenvalue weighted by Crippen LogP contribution is 2.26. The maximum atomic E-state index is 13.3. The van der Waals surface area contributed by atoms with Crippen molar-refractivity contribution < 1.29 is 4.39 Å². The standard InChI is InChI=1S/C16H21FN2/c1-11-5-3-4-6-15(11)19-16(10-18)13-7-8-14(17)12(2)9-13/h7-9,11,15-16,19H,3-6H2,1-2H3. The predicted molar refractivity (Wildman–Crippen MR) is 74.0 cm³/mol. The van der Waals surface area contributed by atoms with Gasteiger partial charge in [0, 0.05) is 6.04 Å². The van der Waals surface area contributed by atoms with Gasteiger partial charge in [0.25, 0.3) is 0 Å². The van der Waals surface area contributed by atoms with E-state index in [1.807, 2.05) is 0 Å². The maximum absolute atomic E-state index is 13.3. The third-order valence-corrected chi connectivity index (χ3v) is 4.14. The van der Waals surface area contributed by atoms with Crippen molar-refractivity contribution in [3.63, 3.8) is 0 Å². The second-order valence-electron chi connectivity index (χ2n) is 5.61. The molecule has 0 aliphatic heterocycles. The molecule has 0 heterocycles. The molecule has 1 aromatic rings. The summed E-state index contributed by atoms with van der Waals surface area (Å²) in [6.07, 6.45) is 4.85. The summed E-state index contributed by atoms with van der Waals surface area (Å²) in [5.41, 5.74) is 1.45. The molecule has 1 N–H and O–H groups in total. The Morgan fingerprint density at radius 2 is 2.11 bits per heavy atom. The first-order valence-electron chi connectivity index (χ1n) is 7.03. The molecule has 2 nitrogen and oxygen atoms in total. The summed E-state index contributed by atoms with van der Waals surface area (Å²) < 4.78 is 13.3. The van der Waals surface area contributed by atoms with Gasteiger partial charge in [0.15, 0.2) is 0 Å². The average molecular weight is 260 g/mol. The molecule has 0 aromatic heterocycles. The number of hydrogen-bond acceptors (Lipinski definition) is 2. The molecule has 3 unspecified atom stereocenters. The Balaban J connectivity index is 2.11. The van der Waals surface area contributed by atoms with Gasteiger partial charge in [-0.25, -0.2) is 4.39 Å². The van der Waals surface area contributed by atoms with Crippen LogP contribution < -0.4 is 5.32 Å². The fourth-order valence-corrected chi connectivity index (χ4v) is 2.83. The lowest BCUT2D eigenvalue weighted by atomic mass is 9.85. The molecule has 2 rings (SSSR count). The normalized spacial score (nSPS) is 24.7. The molecular formula is C16H21FN2. The zero-order chi connectivity index (χ0) is 13.8. The number of nitriles is 1. The van der Waals surface area contributed by atoms with E-state index in [1.54, 1.807) is 19.1 Å². The first kappa shape index (κ1) is 14.0. The molecule has 1 saturated carbocycles. The van der Waals surface area contributed by atoms with Crippen LogP contribution in [0.3, 0.4) is 0 Å². The number of nitrogens with zero attached hydrogens (tertiary/aromatic N) is 1. The van der Waals surface area contributed by atoms with E-state index in [0.29, 0.717) is 17.5 Å². The Labute approximate surface area is 114 Å². The number of hydrogen-bond donors (Lipinski definition) is 1. The Bertz CT molecular complexity index is 478. The molecule has 1 aromatic carbocycles. The summed E-state index contributed by atoms with van der Waals surface area (Å²) in [5.74, 6) is 0.387. The van der Waals surface area contributed by atoms with E-state index in [4.69, 9.17) is 0 Å². The fourth-order valence-electron chi connectivity index (χ4n) is 2.83. The van der Waals surface area contributed by atoms with Crippen molar-refractivity contribution in [2.24, 2.45) is 5.92 Å². The van der Waals surface area contributed by atoms with Crippen LogP contribution in [-0.2, 0) is 0 Å². The second-order valence-corrected chi connectivity index (χ2v) is 5.61. The minimum Gasteiger partial charge on any atom is -0.295 e. The highest BCUT2D eigenvalue weighted by atomic mass is 19.1. The monoisotopic (exact) mass is 260 g/mol. The van der Waals surface area contributed by atoms with E-state index in [2.05, 4.69) is 18.3 Å². The van der Waals surface area contributed by atoms with Crippen LogP contribution >= 0.6 is 0 Å². The molecule has 0 radical (unpaired) electrons. The Morgan fingerprint density at radius 3 is 2.74 bits per heavy atom. The maximum Gasteiger partial charge on any atom is 0.126 e. The molecule has 0 saturated heterocycles. The van der Waals surface area contributed by atoms with Crippen molar-refractivity contribution in [2.45, 2.75) is 51.6 Å². The zero-order valence-corrected chi connectivity index (χ0v) is 11.6. The molecule has 0 amide bonds. The number of benzene rings is 1. The molecule has 1 aliphatic carbocycles. The van der Waals surface area contributed by atoms with Crippen molar-refractivity contribution in [3.8, 4) is 6.07 Å². The first-order valence-corrected chi connectivity index (χ1v) is 7.03. The molecule has 0 spiro atoms. The van der Waals surface area contributed by atoms with Gasteiger partial charge in [-0.3, -0.25) is 5.32 Å². The van der Waals surface area contributed by atoms with Crippen molar-refractivity contribution in [1.82, 2.24) is 5.32 Å². The van der Waals surface area contributed by atoms with Crippen LogP contribution in [0, 0.1) is 30.0 Å². The zero-order valence-electron chi connectivity index (χ0n) is 11.6. The lowest BCUT2D eigenvalue weighted by Gasteiger charge is -2.31. The van der Waals surface area contributed by atoms with Crippen LogP contribution in [0.5, 0.6) is 0 Å². The van der Waals surface area contributed by atoms with Crippen molar-refractivity contribution in [3.05, 3.63) is 35.1 Å². The lowest BCUT2D eigenvalue weighted by molar-refractivity contribution is 0.271. The number of rotatable bonds is 3. The SMILES string of the molecule is Cc1cc(C(C#N)NC2CCCCC2C)ccc1F. The topological polar surface area (TPSA) is 35.8 Å². The third kappa shape index (κ3) is 3.33. The van der Waals surface area contributed by atoms with Gasteiger partial charge in [0.1, 0.15) is 11.9 Å². The van der Waals surface area contributed by atoms with Crippen molar-refractivity contribution in [2.75, 3.05) is 0 Å². The summed E-state index contributed by atoms with van der Waals surface area (Å²) in [6.45, 7) is 3.97. The van der Waals surface area contributed by atoms with E-state index in [0.717, 1.165) is 12.0 Å². The van der Waals surface area contributed by atoms with E-state index in [-0.39, 0.29) is 11.9 Å². The Hall–Kier alpha value is -1.40. The smallest absolute Gasteiger partial charge is 0.126 e. The van der Waals surface area contributed by atoms with Gasteiger partial charge < -0.3 is 0 Å². The van der Waals surface area contributed by atoms with Gasteiger partial charge in [-0.2, -0.15) is 5.26 Å². The Morgan fingerprint density at radius 1 is 1.37 bits per heavy atom. The summed E-state index contributed by atoms with van der Waals surface area (Å²) in [5, 5.41) is 12.8. The molecular weight excluding hydrogens is 239 g/mol. The molecule has 1 fully saturated rings. The molecule has 19 heavy (non-hydrogen) atoms. The highest BCUT2D eigenvalue weighted by Gasteiger charge is 2.24. The minimum absolute atomic E-state index is 0.216. The summed E-state index contributed by atoms with van der Waals surface area (Å²) in [6, 6.07) is 7.27. The second kappa shape index (κ2) is 6.16.